The molecule has 0 fully saturated rings. The summed E-state index contributed by atoms with van der Waals surface area (Å²) in [4.78, 5) is 0. The number of nitriles is 1. The van der Waals surface area contributed by atoms with Gasteiger partial charge < -0.3 is 20.3 Å². The van der Waals surface area contributed by atoms with Gasteiger partial charge in [0.25, 0.3) is 0 Å². The second kappa shape index (κ2) is 8.01. The molecule has 5 nitrogen and oxygen atoms in total. The average molecular weight is 420 g/mol. The molecule has 0 saturated carbocycles. The summed E-state index contributed by atoms with van der Waals surface area (Å²) in [6, 6.07) is 29.1. The van der Waals surface area contributed by atoms with Crippen molar-refractivity contribution < 1.29 is 14.6 Å². The van der Waals surface area contributed by atoms with Gasteiger partial charge in [-0.2, -0.15) is 5.26 Å². The standard InChI is InChI=1S/C27H20N2O3/c28-15-24-26(23-13-10-20(30)14-25(23)32-27(24)29)18-8-11-21(12-9-18)31-16-19-6-3-5-17-4-1-2-7-22(17)19/h1-14,26,30H,16,29H2/t26-/m0/s1. The lowest BCUT2D eigenvalue weighted by Gasteiger charge is -2.26. The van der Waals surface area contributed by atoms with Crippen molar-refractivity contribution in [1.29, 1.82) is 5.26 Å². The molecule has 3 N–H and O–H groups in total. The van der Waals surface area contributed by atoms with Gasteiger partial charge in [-0.05, 0) is 40.1 Å². The van der Waals surface area contributed by atoms with E-state index in [1.165, 1.54) is 16.8 Å². The Labute approximate surface area is 185 Å². The van der Waals surface area contributed by atoms with Gasteiger partial charge in [0, 0.05) is 11.6 Å². The largest absolute Gasteiger partial charge is 0.508 e. The number of rotatable bonds is 4. The zero-order valence-electron chi connectivity index (χ0n) is 17.2. The number of phenols is 1. The highest BCUT2D eigenvalue weighted by Crippen LogP contribution is 2.43. The minimum Gasteiger partial charge on any atom is -0.508 e. The van der Waals surface area contributed by atoms with Crippen LogP contribution in [0.3, 0.4) is 0 Å². The van der Waals surface area contributed by atoms with Crippen LogP contribution in [-0.4, -0.2) is 5.11 Å². The van der Waals surface area contributed by atoms with E-state index in [2.05, 4.69) is 30.3 Å². The molecule has 0 amide bonds. The summed E-state index contributed by atoms with van der Waals surface area (Å²) in [5, 5.41) is 21.8. The second-order valence-corrected chi connectivity index (χ2v) is 7.64. The molecule has 0 aromatic heterocycles. The smallest absolute Gasteiger partial charge is 0.205 e. The number of aromatic hydroxyl groups is 1. The van der Waals surface area contributed by atoms with E-state index in [4.69, 9.17) is 15.2 Å². The van der Waals surface area contributed by atoms with Gasteiger partial charge in [0.15, 0.2) is 0 Å². The first-order valence-electron chi connectivity index (χ1n) is 10.2. The Morgan fingerprint density at radius 3 is 2.56 bits per heavy atom. The highest BCUT2D eigenvalue weighted by molar-refractivity contribution is 5.85. The summed E-state index contributed by atoms with van der Waals surface area (Å²) in [6.45, 7) is 0.455. The Morgan fingerprint density at radius 1 is 0.969 bits per heavy atom. The van der Waals surface area contributed by atoms with Gasteiger partial charge in [-0.25, -0.2) is 0 Å². The number of hydrogen-bond acceptors (Lipinski definition) is 5. The maximum absolute atomic E-state index is 9.79. The first-order valence-corrected chi connectivity index (χ1v) is 10.2. The molecule has 0 radical (unpaired) electrons. The Bertz CT molecular complexity index is 1380. The molecule has 0 spiro atoms. The van der Waals surface area contributed by atoms with Gasteiger partial charge in [-0.3, -0.25) is 0 Å². The molecule has 0 aliphatic carbocycles. The van der Waals surface area contributed by atoms with Crippen LogP contribution in [0.1, 0.15) is 22.6 Å². The number of benzene rings is 4. The van der Waals surface area contributed by atoms with Crippen LogP contribution >= 0.6 is 0 Å². The van der Waals surface area contributed by atoms with E-state index >= 15 is 0 Å². The van der Waals surface area contributed by atoms with Crippen molar-refractivity contribution >= 4 is 10.8 Å². The predicted molar refractivity (Wildman–Crippen MR) is 122 cm³/mol. The quantitative estimate of drug-likeness (QED) is 0.465. The van der Waals surface area contributed by atoms with Gasteiger partial charge in [0.2, 0.25) is 5.88 Å². The SMILES string of the molecule is N#CC1=C(N)Oc2cc(O)ccc2[C@@H]1c1ccc(OCc2cccc3ccccc23)cc1. The molecular weight excluding hydrogens is 400 g/mol. The molecule has 1 aliphatic rings. The predicted octanol–water partition coefficient (Wildman–Crippen LogP) is 5.34. The van der Waals surface area contributed by atoms with Crippen LogP contribution in [0.15, 0.2) is 96.4 Å². The lowest BCUT2D eigenvalue weighted by atomic mass is 9.83. The van der Waals surface area contributed by atoms with Crippen LogP contribution in [0.4, 0.5) is 0 Å². The van der Waals surface area contributed by atoms with Crippen LogP contribution in [0, 0.1) is 11.3 Å². The topological polar surface area (TPSA) is 88.5 Å². The maximum atomic E-state index is 9.79. The zero-order valence-corrected chi connectivity index (χ0v) is 17.2. The van der Waals surface area contributed by atoms with Crippen molar-refractivity contribution in [2.75, 3.05) is 0 Å². The van der Waals surface area contributed by atoms with Gasteiger partial charge in [0.05, 0.1) is 5.92 Å². The van der Waals surface area contributed by atoms with Crippen molar-refractivity contribution in [2.45, 2.75) is 12.5 Å². The number of nitrogens with two attached hydrogens (primary N) is 1. The minimum atomic E-state index is -0.378. The highest BCUT2D eigenvalue weighted by atomic mass is 16.5. The average Bonchev–Trinajstić information content (AvgIpc) is 2.82. The fourth-order valence-corrected chi connectivity index (χ4v) is 4.12. The van der Waals surface area contributed by atoms with Crippen LogP contribution in [0.5, 0.6) is 17.2 Å². The highest BCUT2D eigenvalue weighted by Gasteiger charge is 2.30. The normalized spacial score (nSPS) is 15.0. The van der Waals surface area contributed by atoms with E-state index < -0.39 is 0 Å². The lowest BCUT2D eigenvalue weighted by Crippen LogP contribution is -2.20. The Balaban J connectivity index is 1.42. The van der Waals surface area contributed by atoms with Crippen molar-refractivity contribution in [3.8, 4) is 23.3 Å². The molecule has 0 saturated heterocycles. The van der Waals surface area contributed by atoms with Crippen LogP contribution in [-0.2, 0) is 6.61 Å². The van der Waals surface area contributed by atoms with E-state index in [0.29, 0.717) is 17.9 Å². The van der Waals surface area contributed by atoms with Crippen LogP contribution in [0.2, 0.25) is 0 Å². The zero-order chi connectivity index (χ0) is 22.1. The lowest BCUT2D eigenvalue weighted by molar-refractivity contribution is 0.307. The molecule has 1 heterocycles. The van der Waals surface area contributed by atoms with Gasteiger partial charge >= 0.3 is 0 Å². The Morgan fingerprint density at radius 2 is 1.75 bits per heavy atom. The molecule has 0 unspecified atom stereocenters. The number of fused-ring (bicyclic) bond motifs is 2. The third-order valence-electron chi connectivity index (χ3n) is 5.69. The van der Waals surface area contributed by atoms with Crippen molar-refractivity contribution in [3.63, 3.8) is 0 Å². The molecule has 5 rings (SSSR count). The van der Waals surface area contributed by atoms with E-state index in [1.54, 1.807) is 12.1 Å². The van der Waals surface area contributed by atoms with Crippen molar-refractivity contribution in [2.24, 2.45) is 5.73 Å². The van der Waals surface area contributed by atoms with E-state index in [0.717, 1.165) is 22.4 Å². The molecule has 4 aromatic carbocycles. The number of phenolic OH excluding ortho intramolecular Hbond substituents is 1. The maximum Gasteiger partial charge on any atom is 0.205 e. The Hall–Kier alpha value is -4.43. The molecule has 4 aromatic rings. The second-order valence-electron chi connectivity index (χ2n) is 7.64. The van der Waals surface area contributed by atoms with Crippen molar-refractivity contribution in [3.05, 3.63) is 113 Å². The van der Waals surface area contributed by atoms with Gasteiger partial charge in [-0.1, -0.05) is 60.7 Å². The number of allylic oxidation sites excluding steroid dienone is 1. The number of nitrogens with zero attached hydrogens (tertiary/aromatic N) is 1. The monoisotopic (exact) mass is 420 g/mol. The molecule has 1 aliphatic heterocycles. The summed E-state index contributed by atoms with van der Waals surface area (Å²) in [7, 11) is 0. The molecule has 0 bridgehead atoms. The molecule has 156 valence electrons. The van der Waals surface area contributed by atoms with E-state index in [-0.39, 0.29) is 17.6 Å². The van der Waals surface area contributed by atoms with E-state index in [1.807, 2.05) is 42.5 Å². The summed E-state index contributed by atoms with van der Waals surface area (Å²) >= 11 is 0. The van der Waals surface area contributed by atoms with Crippen molar-refractivity contribution in [1.82, 2.24) is 0 Å². The summed E-state index contributed by atoms with van der Waals surface area (Å²) in [5.74, 6) is 0.925. The molecular formula is C27H20N2O3. The van der Waals surface area contributed by atoms with Gasteiger partial charge in [0.1, 0.15) is 35.5 Å². The first-order chi connectivity index (χ1) is 15.6. The molecule has 1 atom stereocenters. The Kier molecular flexibility index (Phi) is 4.89. The minimum absolute atomic E-state index is 0.0480. The van der Waals surface area contributed by atoms with Crippen LogP contribution in [0.25, 0.3) is 10.8 Å². The first kappa shape index (κ1) is 19.5. The number of ether oxygens (including phenoxy) is 2. The van der Waals surface area contributed by atoms with Crippen LogP contribution < -0.4 is 15.2 Å². The fourth-order valence-electron chi connectivity index (χ4n) is 4.12. The molecule has 32 heavy (non-hydrogen) atoms. The van der Waals surface area contributed by atoms with Gasteiger partial charge in [-0.15, -0.1) is 0 Å². The summed E-state index contributed by atoms with van der Waals surface area (Å²) < 4.78 is 11.6. The summed E-state index contributed by atoms with van der Waals surface area (Å²) in [6.07, 6.45) is 0. The molecule has 5 heteroatoms. The fraction of sp³-hybridized carbons (Fsp3) is 0.0741. The summed E-state index contributed by atoms with van der Waals surface area (Å²) in [5.41, 5.74) is 9.12. The third kappa shape index (κ3) is 3.48. The van der Waals surface area contributed by atoms with E-state index in [9.17, 15) is 10.4 Å². The number of hydrogen-bond donors (Lipinski definition) is 2. The third-order valence-corrected chi connectivity index (χ3v) is 5.69.